The van der Waals surface area contributed by atoms with Crippen LogP contribution in [0.25, 0.3) is 0 Å². The van der Waals surface area contributed by atoms with E-state index < -0.39 is 0 Å². The second-order valence-corrected chi connectivity index (χ2v) is 6.44. The Morgan fingerprint density at radius 3 is 2.80 bits per heavy atom. The molecule has 1 atom stereocenters. The minimum atomic E-state index is -0.144. The quantitative estimate of drug-likeness (QED) is 0.880. The molecule has 0 saturated carbocycles. The number of ether oxygens (including phenoxy) is 2. The van der Waals surface area contributed by atoms with E-state index >= 15 is 0 Å². The van der Waals surface area contributed by atoms with Crippen LogP contribution in [0.2, 0.25) is 0 Å². The molecule has 0 aromatic heterocycles. The lowest BCUT2D eigenvalue weighted by Gasteiger charge is -2.38. The fourth-order valence-electron chi connectivity index (χ4n) is 2.68. The van der Waals surface area contributed by atoms with Gasteiger partial charge < -0.3 is 14.8 Å². The molecule has 1 N–H and O–H groups in total. The Morgan fingerprint density at radius 1 is 1.40 bits per heavy atom. The van der Waals surface area contributed by atoms with Crippen molar-refractivity contribution in [2.45, 2.75) is 65.2 Å². The molecule has 0 bridgehead atoms. The summed E-state index contributed by atoms with van der Waals surface area (Å²) in [6.45, 7) is 11.6. The van der Waals surface area contributed by atoms with Crippen molar-refractivity contribution in [1.29, 1.82) is 0 Å². The first-order valence-electron chi connectivity index (χ1n) is 7.64. The summed E-state index contributed by atoms with van der Waals surface area (Å²) in [7, 11) is 0. The molecule has 1 aromatic carbocycles. The van der Waals surface area contributed by atoms with Gasteiger partial charge in [-0.2, -0.15) is 0 Å². The number of fused-ring (bicyclic) bond motifs is 1. The van der Waals surface area contributed by atoms with Gasteiger partial charge in [-0.05, 0) is 46.7 Å². The largest absolute Gasteiger partial charge is 0.491 e. The Balaban J connectivity index is 2.26. The van der Waals surface area contributed by atoms with Crippen molar-refractivity contribution in [3.8, 4) is 11.5 Å². The van der Waals surface area contributed by atoms with Crippen LogP contribution in [0.1, 0.15) is 59.1 Å². The van der Waals surface area contributed by atoms with Crippen LogP contribution in [0, 0.1) is 0 Å². The molecule has 0 radical (unpaired) electrons. The van der Waals surface area contributed by atoms with E-state index in [0.29, 0.717) is 6.04 Å². The van der Waals surface area contributed by atoms with Crippen molar-refractivity contribution in [3.63, 3.8) is 0 Å². The molecule has 1 aromatic rings. The number of hydrogen-bond donors (Lipinski definition) is 1. The molecular formula is C17H27NO2. The summed E-state index contributed by atoms with van der Waals surface area (Å²) in [4.78, 5) is 0. The predicted molar refractivity (Wildman–Crippen MR) is 82.6 cm³/mol. The van der Waals surface area contributed by atoms with Crippen molar-refractivity contribution in [1.82, 2.24) is 5.32 Å². The van der Waals surface area contributed by atoms with E-state index in [1.54, 1.807) is 0 Å². The Hall–Kier alpha value is -1.22. The van der Waals surface area contributed by atoms with E-state index in [4.69, 9.17) is 9.47 Å². The maximum absolute atomic E-state index is 6.13. The normalized spacial score (nSPS) is 20.4. The van der Waals surface area contributed by atoms with E-state index in [9.17, 15) is 0 Å². The van der Waals surface area contributed by atoms with Crippen LogP contribution in [-0.4, -0.2) is 18.2 Å². The first-order valence-corrected chi connectivity index (χ1v) is 7.64. The van der Waals surface area contributed by atoms with Crippen LogP contribution in [0.5, 0.6) is 11.5 Å². The molecule has 112 valence electrons. The topological polar surface area (TPSA) is 30.5 Å². The molecule has 1 aliphatic heterocycles. The fraction of sp³-hybridized carbons (Fsp3) is 0.647. The number of nitrogens with one attached hydrogen (secondary N) is 1. The van der Waals surface area contributed by atoms with Gasteiger partial charge in [-0.15, -0.1) is 0 Å². The lowest BCUT2D eigenvalue weighted by atomic mass is 9.89. The first-order chi connectivity index (χ1) is 9.41. The lowest BCUT2D eigenvalue weighted by molar-refractivity contribution is 0.0656. The molecule has 0 spiro atoms. The van der Waals surface area contributed by atoms with E-state index in [1.807, 2.05) is 26.0 Å². The van der Waals surface area contributed by atoms with Crippen LogP contribution in [0.15, 0.2) is 18.2 Å². The Kier molecular flexibility index (Phi) is 4.59. The molecule has 3 heteroatoms. The summed E-state index contributed by atoms with van der Waals surface area (Å²) in [5.41, 5.74) is 1.10. The zero-order valence-corrected chi connectivity index (χ0v) is 13.3. The summed E-state index contributed by atoms with van der Waals surface area (Å²) >= 11 is 0. The van der Waals surface area contributed by atoms with Gasteiger partial charge in [-0.3, -0.25) is 0 Å². The first kappa shape index (κ1) is 15.2. The second kappa shape index (κ2) is 6.04. The van der Waals surface area contributed by atoms with Crippen molar-refractivity contribution in [3.05, 3.63) is 23.8 Å². The average Bonchev–Trinajstić information content (AvgIpc) is 2.33. The molecule has 1 aliphatic rings. The molecule has 0 saturated heterocycles. The monoisotopic (exact) mass is 277 g/mol. The number of benzene rings is 1. The molecule has 0 aliphatic carbocycles. The van der Waals surface area contributed by atoms with Crippen molar-refractivity contribution < 1.29 is 9.47 Å². The Morgan fingerprint density at radius 2 is 2.15 bits per heavy atom. The second-order valence-electron chi connectivity index (χ2n) is 6.44. The molecule has 3 nitrogen and oxygen atoms in total. The third-order valence-corrected chi connectivity index (χ3v) is 3.45. The zero-order chi connectivity index (χ0) is 14.8. The van der Waals surface area contributed by atoms with Crippen LogP contribution < -0.4 is 14.8 Å². The van der Waals surface area contributed by atoms with Crippen LogP contribution in [0.3, 0.4) is 0 Å². The smallest absolute Gasteiger partial charge is 0.128 e. The standard InChI is InChI=1S/C17H27NO2/c1-6-9-18-15-11-17(4,5)20-16-10-13(19-12(2)3)7-8-14(15)16/h7-8,10,12,15,18H,6,9,11H2,1-5H3. The van der Waals surface area contributed by atoms with Gasteiger partial charge >= 0.3 is 0 Å². The van der Waals surface area contributed by atoms with E-state index in [1.165, 1.54) is 5.56 Å². The van der Waals surface area contributed by atoms with Gasteiger partial charge in [0.1, 0.15) is 17.1 Å². The van der Waals surface area contributed by atoms with Crippen molar-refractivity contribution in [2.24, 2.45) is 0 Å². The summed E-state index contributed by atoms with van der Waals surface area (Å²) < 4.78 is 11.9. The molecule has 0 amide bonds. The minimum absolute atomic E-state index is 0.144. The highest BCUT2D eigenvalue weighted by molar-refractivity contribution is 5.44. The highest BCUT2D eigenvalue weighted by atomic mass is 16.5. The summed E-state index contributed by atoms with van der Waals surface area (Å²) in [6.07, 6.45) is 2.31. The van der Waals surface area contributed by atoms with Gasteiger partial charge in [0.2, 0.25) is 0 Å². The lowest BCUT2D eigenvalue weighted by Crippen LogP contribution is -2.39. The summed E-state index contributed by atoms with van der Waals surface area (Å²) in [5.74, 6) is 1.83. The van der Waals surface area contributed by atoms with Gasteiger partial charge in [0.25, 0.3) is 0 Å². The van der Waals surface area contributed by atoms with E-state index in [0.717, 1.165) is 30.9 Å². The third kappa shape index (κ3) is 3.66. The fourth-order valence-corrected chi connectivity index (χ4v) is 2.68. The summed E-state index contributed by atoms with van der Waals surface area (Å²) in [6, 6.07) is 6.56. The molecular weight excluding hydrogens is 250 g/mol. The number of hydrogen-bond acceptors (Lipinski definition) is 3. The molecule has 1 heterocycles. The summed E-state index contributed by atoms with van der Waals surface area (Å²) in [5, 5.41) is 3.62. The van der Waals surface area contributed by atoms with Gasteiger partial charge in [0.05, 0.1) is 6.10 Å². The van der Waals surface area contributed by atoms with E-state index in [2.05, 4.69) is 32.2 Å². The maximum Gasteiger partial charge on any atom is 0.128 e. The van der Waals surface area contributed by atoms with Gasteiger partial charge in [-0.25, -0.2) is 0 Å². The highest BCUT2D eigenvalue weighted by Gasteiger charge is 2.33. The van der Waals surface area contributed by atoms with Crippen LogP contribution in [-0.2, 0) is 0 Å². The zero-order valence-electron chi connectivity index (χ0n) is 13.3. The van der Waals surface area contributed by atoms with Crippen molar-refractivity contribution in [2.75, 3.05) is 6.54 Å². The number of rotatable bonds is 5. The van der Waals surface area contributed by atoms with Crippen molar-refractivity contribution >= 4 is 0 Å². The van der Waals surface area contributed by atoms with Gasteiger partial charge in [0.15, 0.2) is 0 Å². The third-order valence-electron chi connectivity index (χ3n) is 3.45. The minimum Gasteiger partial charge on any atom is -0.491 e. The molecule has 1 unspecified atom stereocenters. The molecule has 2 rings (SSSR count). The van der Waals surface area contributed by atoms with Gasteiger partial charge in [-0.1, -0.05) is 13.0 Å². The average molecular weight is 277 g/mol. The molecule has 20 heavy (non-hydrogen) atoms. The molecule has 0 fully saturated rings. The highest BCUT2D eigenvalue weighted by Crippen LogP contribution is 2.41. The Labute approximate surface area is 122 Å². The SMILES string of the molecule is CCCNC1CC(C)(C)Oc2cc(OC(C)C)ccc21. The van der Waals surface area contributed by atoms with E-state index in [-0.39, 0.29) is 11.7 Å². The van der Waals surface area contributed by atoms with Crippen LogP contribution >= 0.6 is 0 Å². The van der Waals surface area contributed by atoms with Gasteiger partial charge in [0, 0.05) is 24.1 Å². The maximum atomic E-state index is 6.13. The predicted octanol–water partition coefficient (Wildman–Crippen LogP) is 4.08. The Bertz CT molecular complexity index is 454. The van der Waals surface area contributed by atoms with Crippen LogP contribution in [0.4, 0.5) is 0 Å².